The summed E-state index contributed by atoms with van der Waals surface area (Å²) in [6.07, 6.45) is 0. The summed E-state index contributed by atoms with van der Waals surface area (Å²) in [5.74, 6) is 1.21. The monoisotopic (exact) mass is 409 g/mol. The number of aromatic nitrogens is 4. The van der Waals surface area contributed by atoms with E-state index in [9.17, 15) is 9.18 Å². The Kier molecular flexibility index (Phi) is 6.28. The summed E-state index contributed by atoms with van der Waals surface area (Å²) in [7, 11) is 0. The number of aryl methyl sites for hydroxylation is 1. The molecule has 0 aliphatic heterocycles. The Morgan fingerprint density at radius 2 is 1.92 bits per heavy atom. The summed E-state index contributed by atoms with van der Waals surface area (Å²) in [6, 6.07) is 7.71. The first-order valence-electron chi connectivity index (χ1n) is 7.76. The normalized spacial score (nSPS) is 10.9. The maximum atomic E-state index is 13.1. The van der Waals surface area contributed by atoms with E-state index in [1.165, 1.54) is 35.2 Å². The highest BCUT2D eigenvalue weighted by Crippen LogP contribution is 2.28. The maximum Gasteiger partial charge on any atom is 0.235 e. The lowest BCUT2D eigenvalue weighted by Crippen LogP contribution is -2.16. The van der Waals surface area contributed by atoms with E-state index in [4.69, 9.17) is 0 Å². The number of nitrogens with one attached hydrogen (secondary N) is 1. The van der Waals surface area contributed by atoms with Crippen LogP contribution in [0.15, 0.2) is 39.0 Å². The second-order valence-corrected chi connectivity index (χ2v) is 8.87. The van der Waals surface area contributed by atoms with E-state index in [0.717, 1.165) is 20.1 Å². The standard InChI is InChI=1S/C16H16FN5OS3/c1-3-24-15-19-20-16(26-15)25-9-14(23)18-13-8-10(2)21-22(13)12-6-4-11(17)5-7-12/h4-8H,3,9H2,1-2H3,(H,18,23). The molecule has 3 rings (SSSR count). The average molecular weight is 410 g/mol. The molecule has 0 fully saturated rings. The number of rotatable bonds is 7. The molecule has 0 saturated carbocycles. The van der Waals surface area contributed by atoms with Gasteiger partial charge in [-0.05, 0) is 36.9 Å². The lowest BCUT2D eigenvalue weighted by molar-refractivity contribution is -0.113. The summed E-state index contributed by atoms with van der Waals surface area (Å²) in [6.45, 7) is 3.89. The number of thioether (sulfide) groups is 2. The van der Waals surface area contributed by atoms with E-state index in [0.29, 0.717) is 11.5 Å². The third-order valence-electron chi connectivity index (χ3n) is 3.15. The van der Waals surface area contributed by atoms with Crippen LogP contribution in [-0.4, -0.2) is 37.4 Å². The molecule has 0 saturated heterocycles. The largest absolute Gasteiger partial charge is 0.310 e. The Morgan fingerprint density at radius 1 is 1.23 bits per heavy atom. The molecule has 136 valence electrons. The van der Waals surface area contributed by atoms with E-state index in [1.54, 1.807) is 34.6 Å². The maximum absolute atomic E-state index is 13.1. The van der Waals surface area contributed by atoms with Crippen LogP contribution in [0.4, 0.5) is 10.2 Å². The van der Waals surface area contributed by atoms with Crippen LogP contribution >= 0.6 is 34.9 Å². The highest BCUT2D eigenvalue weighted by Gasteiger charge is 2.13. The summed E-state index contributed by atoms with van der Waals surface area (Å²) < 4.78 is 16.4. The van der Waals surface area contributed by atoms with Gasteiger partial charge < -0.3 is 5.32 Å². The van der Waals surface area contributed by atoms with Crippen molar-refractivity contribution in [3.05, 3.63) is 41.8 Å². The quantitative estimate of drug-likeness (QED) is 0.595. The van der Waals surface area contributed by atoms with Crippen LogP contribution in [0.3, 0.4) is 0 Å². The topological polar surface area (TPSA) is 72.7 Å². The van der Waals surface area contributed by atoms with Crippen LogP contribution in [0.1, 0.15) is 12.6 Å². The zero-order valence-corrected chi connectivity index (χ0v) is 16.6. The Hall–Kier alpha value is -1.91. The predicted octanol–water partition coefficient (Wildman–Crippen LogP) is 4.01. The van der Waals surface area contributed by atoms with Gasteiger partial charge in [-0.2, -0.15) is 5.10 Å². The molecule has 0 spiro atoms. The van der Waals surface area contributed by atoms with Crippen molar-refractivity contribution in [3.8, 4) is 5.69 Å². The molecule has 0 atom stereocenters. The van der Waals surface area contributed by atoms with Gasteiger partial charge in [0.2, 0.25) is 5.91 Å². The summed E-state index contributed by atoms with van der Waals surface area (Å²) in [5, 5.41) is 15.3. The number of nitrogens with zero attached hydrogens (tertiary/aromatic N) is 4. The van der Waals surface area contributed by atoms with Crippen LogP contribution in [0.2, 0.25) is 0 Å². The number of carbonyl (C=O) groups excluding carboxylic acids is 1. The highest BCUT2D eigenvalue weighted by molar-refractivity contribution is 8.03. The second kappa shape index (κ2) is 8.65. The minimum Gasteiger partial charge on any atom is -0.310 e. The smallest absolute Gasteiger partial charge is 0.235 e. The van der Waals surface area contributed by atoms with Crippen molar-refractivity contribution in [3.63, 3.8) is 0 Å². The number of hydrogen-bond acceptors (Lipinski definition) is 7. The average Bonchev–Trinajstić information content (AvgIpc) is 3.21. The first kappa shape index (κ1) is 18.9. The Balaban J connectivity index is 1.64. The van der Waals surface area contributed by atoms with Gasteiger partial charge in [-0.1, -0.05) is 41.8 Å². The molecule has 3 aromatic rings. The van der Waals surface area contributed by atoms with Gasteiger partial charge >= 0.3 is 0 Å². The number of benzene rings is 1. The van der Waals surface area contributed by atoms with E-state index >= 15 is 0 Å². The second-order valence-electron chi connectivity index (χ2n) is 5.16. The van der Waals surface area contributed by atoms with Crippen molar-refractivity contribution in [1.29, 1.82) is 0 Å². The first-order valence-corrected chi connectivity index (χ1v) is 10.6. The molecule has 2 aromatic heterocycles. The fourth-order valence-corrected chi connectivity index (χ4v) is 4.83. The van der Waals surface area contributed by atoms with Crippen LogP contribution in [0, 0.1) is 12.7 Å². The molecule has 0 unspecified atom stereocenters. The summed E-state index contributed by atoms with van der Waals surface area (Å²) in [5.41, 5.74) is 1.43. The lowest BCUT2D eigenvalue weighted by atomic mass is 10.3. The lowest BCUT2D eigenvalue weighted by Gasteiger charge is -2.08. The molecule has 6 nitrogen and oxygen atoms in total. The molecule has 1 aromatic carbocycles. The Morgan fingerprint density at radius 3 is 2.62 bits per heavy atom. The molecule has 10 heteroatoms. The molecular weight excluding hydrogens is 393 g/mol. The third-order valence-corrected chi connectivity index (χ3v) is 6.22. The zero-order chi connectivity index (χ0) is 18.5. The van der Waals surface area contributed by atoms with Crippen molar-refractivity contribution in [1.82, 2.24) is 20.0 Å². The van der Waals surface area contributed by atoms with Gasteiger partial charge in [0.05, 0.1) is 17.1 Å². The minimum absolute atomic E-state index is 0.168. The molecule has 26 heavy (non-hydrogen) atoms. The molecule has 0 radical (unpaired) electrons. The van der Waals surface area contributed by atoms with E-state index in [1.807, 2.05) is 6.92 Å². The summed E-state index contributed by atoms with van der Waals surface area (Å²) in [4.78, 5) is 12.3. The van der Waals surface area contributed by atoms with E-state index in [2.05, 4.69) is 27.5 Å². The Labute approximate surface area is 162 Å². The predicted molar refractivity (Wildman–Crippen MR) is 104 cm³/mol. The fourth-order valence-electron chi connectivity index (χ4n) is 2.11. The SMILES string of the molecule is CCSc1nnc(SCC(=O)Nc2cc(C)nn2-c2ccc(F)cc2)s1. The fraction of sp³-hybridized carbons (Fsp3) is 0.250. The van der Waals surface area contributed by atoms with Crippen LogP contribution in [-0.2, 0) is 4.79 Å². The van der Waals surface area contributed by atoms with Gasteiger partial charge in [0, 0.05) is 6.07 Å². The van der Waals surface area contributed by atoms with Crippen LogP contribution in [0.25, 0.3) is 5.69 Å². The molecular formula is C16H16FN5OS3. The molecule has 0 aliphatic rings. The number of anilines is 1. The Bertz CT molecular complexity index is 894. The number of carbonyl (C=O) groups is 1. The van der Waals surface area contributed by atoms with Crippen molar-refractivity contribution >= 4 is 46.6 Å². The van der Waals surface area contributed by atoms with Gasteiger partial charge in [-0.25, -0.2) is 9.07 Å². The molecule has 1 amide bonds. The zero-order valence-electron chi connectivity index (χ0n) is 14.1. The van der Waals surface area contributed by atoms with Gasteiger partial charge in [-0.3, -0.25) is 4.79 Å². The van der Waals surface area contributed by atoms with Crippen molar-refractivity contribution in [2.24, 2.45) is 0 Å². The number of halogens is 1. The number of hydrogen-bond donors (Lipinski definition) is 1. The van der Waals surface area contributed by atoms with E-state index in [-0.39, 0.29) is 17.5 Å². The molecule has 0 bridgehead atoms. The van der Waals surface area contributed by atoms with Gasteiger partial charge in [0.15, 0.2) is 8.68 Å². The van der Waals surface area contributed by atoms with Crippen LogP contribution < -0.4 is 5.32 Å². The van der Waals surface area contributed by atoms with Gasteiger partial charge in [0.1, 0.15) is 11.6 Å². The number of amides is 1. The van der Waals surface area contributed by atoms with Gasteiger partial charge in [-0.15, -0.1) is 10.2 Å². The van der Waals surface area contributed by atoms with Crippen molar-refractivity contribution < 1.29 is 9.18 Å². The minimum atomic E-state index is -0.322. The van der Waals surface area contributed by atoms with Crippen LogP contribution in [0.5, 0.6) is 0 Å². The molecule has 2 heterocycles. The van der Waals surface area contributed by atoms with E-state index < -0.39 is 0 Å². The molecule has 0 aliphatic carbocycles. The molecule has 1 N–H and O–H groups in total. The highest BCUT2D eigenvalue weighted by atomic mass is 32.2. The van der Waals surface area contributed by atoms with Crippen molar-refractivity contribution in [2.45, 2.75) is 22.5 Å². The first-order chi connectivity index (χ1) is 12.5. The van der Waals surface area contributed by atoms with Crippen molar-refractivity contribution in [2.75, 3.05) is 16.8 Å². The summed E-state index contributed by atoms with van der Waals surface area (Å²) >= 11 is 4.46. The third kappa shape index (κ3) is 4.83. The van der Waals surface area contributed by atoms with Gasteiger partial charge in [0.25, 0.3) is 0 Å².